The molecule has 0 bridgehead atoms. The van der Waals surface area contributed by atoms with Crippen LogP contribution in [0.3, 0.4) is 0 Å². The predicted octanol–water partition coefficient (Wildman–Crippen LogP) is 4.16. The topological polar surface area (TPSA) is 77.4 Å². The first-order chi connectivity index (χ1) is 13.8. The van der Waals surface area contributed by atoms with Crippen LogP contribution in [0.2, 0.25) is 0 Å². The van der Waals surface area contributed by atoms with Crippen molar-refractivity contribution >= 4 is 17.3 Å². The molecule has 1 unspecified atom stereocenters. The van der Waals surface area contributed by atoms with Gasteiger partial charge in [-0.15, -0.1) is 0 Å². The van der Waals surface area contributed by atoms with Gasteiger partial charge in [0.1, 0.15) is 17.4 Å². The number of hydrogen-bond acceptors (Lipinski definition) is 5. The Labute approximate surface area is 172 Å². The van der Waals surface area contributed by atoms with E-state index in [4.69, 9.17) is 4.74 Å². The van der Waals surface area contributed by atoms with Crippen molar-refractivity contribution in [2.24, 2.45) is 0 Å². The average Bonchev–Trinajstić information content (AvgIpc) is 2.70. The van der Waals surface area contributed by atoms with Crippen molar-refractivity contribution in [1.29, 1.82) is 5.26 Å². The molecule has 0 fully saturated rings. The highest BCUT2D eigenvalue weighted by Gasteiger charge is 2.17. The minimum absolute atomic E-state index is 0.000788. The van der Waals surface area contributed by atoms with Crippen LogP contribution in [0.5, 0.6) is 5.75 Å². The highest BCUT2D eigenvalue weighted by Crippen LogP contribution is 2.26. The summed E-state index contributed by atoms with van der Waals surface area (Å²) in [7, 11) is 3.93. The molecular weight excluding hydrogens is 364 g/mol. The Balaban J connectivity index is 2.10. The van der Waals surface area contributed by atoms with Crippen molar-refractivity contribution < 1.29 is 9.53 Å². The Bertz CT molecular complexity index is 911. The lowest BCUT2D eigenvalue weighted by molar-refractivity contribution is -0.117. The smallest absolute Gasteiger partial charge is 0.263 e. The molecule has 2 N–H and O–H groups in total. The zero-order valence-electron chi connectivity index (χ0n) is 17.6. The first-order valence-corrected chi connectivity index (χ1v) is 9.54. The quantitative estimate of drug-likeness (QED) is 0.521. The van der Waals surface area contributed by atoms with Crippen LogP contribution in [-0.4, -0.2) is 26.6 Å². The third-order valence-electron chi connectivity index (χ3n) is 4.41. The summed E-state index contributed by atoms with van der Waals surface area (Å²) < 4.78 is 5.67. The fraction of sp³-hybridized carbons (Fsp3) is 0.304. The van der Waals surface area contributed by atoms with Gasteiger partial charge in [-0.1, -0.05) is 17.7 Å². The van der Waals surface area contributed by atoms with Gasteiger partial charge in [0.15, 0.2) is 0 Å². The molecule has 1 atom stereocenters. The molecule has 0 saturated heterocycles. The van der Waals surface area contributed by atoms with Crippen molar-refractivity contribution in [3.63, 3.8) is 0 Å². The van der Waals surface area contributed by atoms with Crippen LogP contribution < -0.4 is 20.3 Å². The molecule has 152 valence electrons. The molecule has 2 rings (SSSR count). The van der Waals surface area contributed by atoms with Gasteiger partial charge >= 0.3 is 0 Å². The molecule has 1 amide bonds. The van der Waals surface area contributed by atoms with E-state index in [2.05, 4.69) is 10.6 Å². The van der Waals surface area contributed by atoms with Gasteiger partial charge in [-0.05, 0) is 51.1 Å². The molecule has 6 heteroatoms. The molecule has 0 spiro atoms. The monoisotopic (exact) mass is 392 g/mol. The number of hydrogen-bond donors (Lipinski definition) is 2. The average molecular weight is 393 g/mol. The van der Waals surface area contributed by atoms with Crippen LogP contribution in [0.15, 0.2) is 54.2 Å². The molecule has 6 nitrogen and oxygen atoms in total. The van der Waals surface area contributed by atoms with Crippen LogP contribution >= 0.6 is 0 Å². The van der Waals surface area contributed by atoms with Gasteiger partial charge in [-0.25, -0.2) is 0 Å². The largest absolute Gasteiger partial charge is 0.494 e. The number of amides is 1. The molecule has 29 heavy (non-hydrogen) atoms. The van der Waals surface area contributed by atoms with Gasteiger partial charge in [0.25, 0.3) is 5.91 Å². The number of ether oxygens (including phenoxy) is 1. The van der Waals surface area contributed by atoms with Gasteiger partial charge in [-0.2, -0.15) is 5.26 Å². The fourth-order valence-corrected chi connectivity index (χ4v) is 2.81. The standard InChI is InChI=1S/C23H28N4O2/c1-6-29-22-12-7-16(2)13-21(22)17(3)26-23(28)18(14-24)15-25-19-8-10-20(11-9-19)27(4)5/h7-13,15,17,25H,6H2,1-5H3,(H,26,28)/b18-15-. The Morgan fingerprint density at radius 1 is 1.24 bits per heavy atom. The highest BCUT2D eigenvalue weighted by molar-refractivity contribution is 5.97. The molecule has 0 heterocycles. The Morgan fingerprint density at radius 3 is 2.52 bits per heavy atom. The summed E-state index contributed by atoms with van der Waals surface area (Å²) in [6.45, 7) is 6.31. The lowest BCUT2D eigenvalue weighted by Crippen LogP contribution is -2.28. The third-order valence-corrected chi connectivity index (χ3v) is 4.41. The lowest BCUT2D eigenvalue weighted by atomic mass is 10.0. The summed E-state index contributed by atoms with van der Waals surface area (Å²) in [5.74, 6) is 0.286. The first kappa shape index (κ1) is 21.8. The predicted molar refractivity (Wildman–Crippen MR) is 117 cm³/mol. The van der Waals surface area contributed by atoms with Crippen molar-refractivity contribution in [2.45, 2.75) is 26.8 Å². The summed E-state index contributed by atoms with van der Waals surface area (Å²) in [5, 5.41) is 15.3. The molecule has 2 aromatic rings. The SMILES string of the molecule is CCOc1ccc(C)cc1C(C)NC(=O)/C(C#N)=C\Nc1ccc(N(C)C)cc1. The van der Waals surface area contributed by atoms with Crippen LogP contribution in [0.25, 0.3) is 0 Å². The summed E-state index contributed by atoms with van der Waals surface area (Å²) >= 11 is 0. The van der Waals surface area contributed by atoms with Crippen LogP contribution in [-0.2, 0) is 4.79 Å². The van der Waals surface area contributed by atoms with E-state index in [-0.39, 0.29) is 11.6 Å². The molecular formula is C23H28N4O2. The Morgan fingerprint density at radius 2 is 1.93 bits per heavy atom. The molecule has 2 aromatic carbocycles. The van der Waals surface area contributed by atoms with Crippen LogP contribution in [0, 0.1) is 18.3 Å². The van der Waals surface area contributed by atoms with E-state index in [1.165, 1.54) is 6.20 Å². The number of nitrogens with one attached hydrogen (secondary N) is 2. The molecule has 0 aliphatic heterocycles. The van der Waals surface area contributed by atoms with E-state index in [1.54, 1.807) is 0 Å². The maximum Gasteiger partial charge on any atom is 0.263 e. The van der Waals surface area contributed by atoms with Crippen molar-refractivity contribution in [3.8, 4) is 11.8 Å². The van der Waals surface area contributed by atoms with E-state index >= 15 is 0 Å². The number of carbonyl (C=O) groups is 1. The molecule has 0 saturated carbocycles. The van der Waals surface area contributed by atoms with Crippen LogP contribution in [0.1, 0.15) is 31.0 Å². The second kappa shape index (κ2) is 10.2. The molecule has 0 radical (unpaired) electrons. The van der Waals surface area contributed by atoms with Gasteiger partial charge in [0.05, 0.1) is 12.6 Å². The second-order valence-corrected chi connectivity index (χ2v) is 6.92. The van der Waals surface area contributed by atoms with Gasteiger partial charge in [-0.3, -0.25) is 4.79 Å². The van der Waals surface area contributed by atoms with Crippen molar-refractivity contribution in [1.82, 2.24) is 5.32 Å². The number of nitriles is 1. The second-order valence-electron chi connectivity index (χ2n) is 6.92. The van der Waals surface area contributed by atoms with E-state index in [0.717, 1.165) is 28.3 Å². The van der Waals surface area contributed by atoms with Gasteiger partial charge < -0.3 is 20.3 Å². The Kier molecular flexibility index (Phi) is 7.67. The molecule has 0 aromatic heterocycles. The van der Waals surface area contributed by atoms with Crippen LogP contribution in [0.4, 0.5) is 11.4 Å². The maximum atomic E-state index is 12.6. The number of nitrogens with zero attached hydrogens (tertiary/aromatic N) is 2. The van der Waals surface area contributed by atoms with Crippen molar-refractivity contribution in [3.05, 3.63) is 65.4 Å². The number of carbonyl (C=O) groups excluding carboxylic acids is 1. The lowest BCUT2D eigenvalue weighted by Gasteiger charge is -2.18. The summed E-state index contributed by atoms with van der Waals surface area (Å²) in [4.78, 5) is 14.6. The van der Waals surface area contributed by atoms with E-state index in [1.807, 2.05) is 88.3 Å². The fourth-order valence-electron chi connectivity index (χ4n) is 2.81. The minimum atomic E-state index is -0.443. The number of benzene rings is 2. The minimum Gasteiger partial charge on any atom is -0.494 e. The zero-order chi connectivity index (χ0) is 21.4. The maximum absolute atomic E-state index is 12.6. The molecule has 0 aliphatic rings. The normalized spacial score (nSPS) is 11.9. The first-order valence-electron chi connectivity index (χ1n) is 9.54. The number of aryl methyl sites for hydroxylation is 1. The highest BCUT2D eigenvalue weighted by atomic mass is 16.5. The van der Waals surface area contributed by atoms with Gasteiger partial charge in [0.2, 0.25) is 0 Å². The summed E-state index contributed by atoms with van der Waals surface area (Å²) in [5.41, 5.74) is 3.81. The van der Waals surface area contributed by atoms with Gasteiger partial charge in [0, 0.05) is 37.2 Å². The number of rotatable bonds is 8. The van der Waals surface area contributed by atoms with E-state index in [0.29, 0.717) is 6.61 Å². The number of anilines is 2. The summed E-state index contributed by atoms with van der Waals surface area (Å²) in [6, 6.07) is 15.2. The molecule has 0 aliphatic carbocycles. The van der Waals surface area contributed by atoms with Crippen molar-refractivity contribution in [2.75, 3.05) is 30.9 Å². The van der Waals surface area contributed by atoms with E-state index < -0.39 is 5.91 Å². The zero-order valence-corrected chi connectivity index (χ0v) is 17.6. The Hall–Kier alpha value is -3.46. The van der Waals surface area contributed by atoms with E-state index in [9.17, 15) is 10.1 Å². The third kappa shape index (κ3) is 6.01. The summed E-state index contributed by atoms with van der Waals surface area (Å²) in [6.07, 6.45) is 1.42.